The second-order valence-electron chi connectivity index (χ2n) is 3.27. The van der Waals surface area contributed by atoms with E-state index in [9.17, 15) is 13.5 Å². The molecule has 0 aliphatic carbocycles. The van der Waals surface area contributed by atoms with Crippen LogP contribution in [-0.2, 0) is 9.84 Å². The van der Waals surface area contributed by atoms with Gasteiger partial charge in [-0.1, -0.05) is 30.7 Å². The van der Waals surface area contributed by atoms with Crippen LogP contribution in [0, 0.1) is 0 Å². The van der Waals surface area contributed by atoms with Gasteiger partial charge in [-0.25, -0.2) is 8.42 Å². The minimum Gasteiger partial charge on any atom is -0.387 e. The fourth-order valence-electron chi connectivity index (χ4n) is 1.17. The number of hydrogen-bond donors (Lipinski definition) is 1. The molecule has 0 spiro atoms. The van der Waals surface area contributed by atoms with Crippen LogP contribution < -0.4 is 0 Å². The predicted octanol–water partition coefficient (Wildman–Crippen LogP) is 1.81. The van der Waals surface area contributed by atoms with Crippen LogP contribution in [0.3, 0.4) is 0 Å². The molecule has 0 saturated carbocycles. The lowest BCUT2D eigenvalue weighted by molar-refractivity contribution is 0.201. The van der Waals surface area contributed by atoms with Crippen LogP contribution in [0.1, 0.15) is 18.6 Å². The van der Waals surface area contributed by atoms with E-state index < -0.39 is 15.9 Å². The minimum absolute atomic E-state index is 0.0324. The van der Waals surface area contributed by atoms with Crippen molar-refractivity contribution in [1.82, 2.24) is 0 Å². The maximum atomic E-state index is 11.3. The molecule has 0 amide bonds. The fraction of sp³-hybridized carbons (Fsp3) is 0.400. The van der Waals surface area contributed by atoms with E-state index in [2.05, 4.69) is 0 Å². The summed E-state index contributed by atoms with van der Waals surface area (Å²) in [6.45, 7) is 1.56. The Bertz CT molecular complexity index is 428. The van der Waals surface area contributed by atoms with Crippen molar-refractivity contribution in [1.29, 1.82) is 0 Å². The molecule has 1 unspecified atom stereocenters. The van der Waals surface area contributed by atoms with Crippen molar-refractivity contribution in [2.75, 3.05) is 11.5 Å². The molecular formula is C10H13ClO3S. The zero-order valence-corrected chi connectivity index (χ0v) is 9.92. The molecule has 0 fully saturated rings. The maximum absolute atomic E-state index is 11.3. The highest BCUT2D eigenvalue weighted by Crippen LogP contribution is 2.19. The van der Waals surface area contributed by atoms with Crippen molar-refractivity contribution < 1.29 is 13.5 Å². The van der Waals surface area contributed by atoms with Gasteiger partial charge in [0.25, 0.3) is 0 Å². The number of benzene rings is 1. The summed E-state index contributed by atoms with van der Waals surface area (Å²) < 4.78 is 22.5. The van der Waals surface area contributed by atoms with Gasteiger partial charge in [-0.2, -0.15) is 0 Å². The quantitative estimate of drug-likeness (QED) is 0.884. The zero-order chi connectivity index (χ0) is 11.5. The molecule has 1 aromatic carbocycles. The lowest BCUT2D eigenvalue weighted by Crippen LogP contribution is -2.16. The van der Waals surface area contributed by atoms with Gasteiger partial charge in [-0.15, -0.1) is 0 Å². The molecule has 3 nitrogen and oxygen atoms in total. The van der Waals surface area contributed by atoms with Gasteiger partial charge in [0.2, 0.25) is 0 Å². The molecule has 1 N–H and O–H groups in total. The van der Waals surface area contributed by atoms with E-state index in [1.54, 1.807) is 31.2 Å². The van der Waals surface area contributed by atoms with Gasteiger partial charge in [0.15, 0.2) is 9.84 Å². The Labute approximate surface area is 94.6 Å². The van der Waals surface area contributed by atoms with E-state index in [1.807, 2.05) is 0 Å². The number of halogens is 1. The largest absolute Gasteiger partial charge is 0.387 e. The molecule has 84 valence electrons. The first-order valence-corrected chi connectivity index (χ1v) is 6.78. The molecule has 0 aromatic heterocycles. The van der Waals surface area contributed by atoms with Crippen molar-refractivity contribution >= 4 is 21.4 Å². The van der Waals surface area contributed by atoms with Crippen LogP contribution in [0.25, 0.3) is 0 Å². The normalized spacial score (nSPS) is 13.8. The van der Waals surface area contributed by atoms with E-state index in [1.165, 1.54) is 0 Å². The van der Waals surface area contributed by atoms with Gasteiger partial charge in [0.05, 0.1) is 11.9 Å². The standard InChI is InChI=1S/C10H13ClO3S/c1-2-15(13,14)7-10(12)8-4-3-5-9(11)6-8/h3-6,10,12H,2,7H2,1H3. The van der Waals surface area contributed by atoms with Gasteiger partial charge < -0.3 is 5.11 Å². The number of hydrogen-bond acceptors (Lipinski definition) is 3. The van der Waals surface area contributed by atoms with E-state index in [0.717, 1.165) is 0 Å². The van der Waals surface area contributed by atoms with Gasteiger partial charge in [-0.3, -0.25) is 0 Å². The Hall–Kier alpha value is -0.580. The first-order valence-electron chi connectivity index (χ1n) is 4.58. The topological polar surface area (TPSA) is 54.4 Å². The molecule has 0 saturated heterocycles. The molecule has 0 bridgehead atoms. The van der Waals surface area contributed by atoms with Crippen LogP contribution in [0.5, 0.6) is 0 Å². The Morgan fingerprint density at radius 1 is 1.47 bits per heavy atom. The Balaban J connectivity index is 2.82. The first-order chi connectivity index (χ1) is 6.94. The molecular weight excluding hydrogens is 236 g/mol. The summed E-state index contributed by atoms with van der Waals surface area (Å²) in [4.78, 5) is 0. The summed E-state index contributed by atoms with van der Waals surface area (Å²) in [7, 11) is -3.17. The molecule has 1 aromatic rings. The summed E-state index contributed by atoms with van der Waals surface area (Å²) in [6, 6.07) is 6.57. The second kappa shape index (κ2) is 4.96. The summed E-state index contributed by atoms with van der Waals surface area (Å²) >= 11 is 5.73. The highest BCUT2D eigenvalue weighted by molar-refractivity contribution is 7.91. The molecule has 1 rings (SSSR count). The lowest BCUT2D eigenvalue weighted by Gasteiger charge is -2.10. The lowest BCUT2D eigenvalue weighted by atomic mass is 10.1. The first kappa shape index (κ1) is 12.5. The molecule has 0 aliphatic heterocycles. The zero-order valence-electron chi connectivity index (χ0n) is 8.35. The summed E-state index contributed by atoms with van der Waals surface area (Å²) in [5.41, 5.74) is 0.527. The van der Waals surface area contributed by atoms with Crippen LogP contribution in [0.2, 0.25) is 5.02 Å². The third-order valence-corrected chi connectivity index (χ3v) is 4.02. The molecule has 1 atom stereocenters. The summed E-state index contributed by atoms with van der Waals surface area (Å²) in [6.07, 6.45) is -1.01. The fourth-order valence-corrected chi connectivity index (χ4v) is 2.28. The van der Waals surface area contributed by atoms with Crippen LogP contribution in [0.4, 0.5) is 0 Å². The number of sulfone groups is 1. The maximum Gasteiger partial charge on any atom is 0.152 e. The van der Waals surface area contributed by atoms with E-state index in [4.69, 9.17) is 11.6 Å². The average Bonchev–Trinajstić information content (AvgIpc) is 2.17. The SMILES string of the molecule is CCS(=O)(=O)CC(O)c1cccc(Cl)c1. The Morgan fingerprint density at radius 3 is 2.67 bits per heavy atom. The van der Waals surface area contributed by atoms with E-state index >= 15 is 0 Å². The highest BCUT2D eigenvalue weighted by Gasteiger charge is 2.16. The number of aliphatic hydroxyl groups excluding tert-OH is 1. The molecule has 0 heterocycles. The average molecular weight is 249 g/mol. The Morgan fingerprint density at radius 2 is 2.13 bits per heavy atom. The van der Waals surface area contributed by atoms with Crippen LogP contribution >= 0.6 is 11.6 Å². The van der Waals surface area contributed by atoms with E-state index in [-0.39, 0.29) is 11.5 Å². The van der Waals surface area contributed by atoms with Crippen LogP contribution in [0.15, 0.2) is 24.3 Å². The monoisotopic (exact) mass is 248 g/mol. The third-order valence-electron chi connectivity index (χ3n) is 2.09. The van der Waals surface area contributed by atoms with Gasteiger partial charge >= 0.3 is 0 Å². The van der Waals surface area contributed by atoms with Crippen molar-refractivity contribution in [2.45, 2.75) is 13.0 Å². The number of aliphatic hydroxyl groups is 1. The molecule has 5 heteroatoms. The van der Waals surface area contributed by atoms with E-state index in [0.29, 0.717) is 10.6 Å². The highest BCUT2D eigenvalue weighted by atomic mass is 35.5. The molecule has 0 radical (unpaired) electrons. The van der Waals surface area contributed by atoms with Gasteiger partial charge in [0, 0.05) is 10.8 Å². The second-order valence-corrected chi connectivity index (χ2v) is 6.10. The van der Waals surface area contributed by atoms with Crippen molar-refractivity contribution in [3.63, 3.8) is 0 Å². The number of rotatable bonds is 4. The van der Waals surface area contributed by atoms with Crippen molar-refractivity contribution in [3.8, 4) is 0 Å². The van der Waals surface area contributed by atoms with Crippen molar-refractivity contribution in [3.05, 3.63) is 34.9 Å². The summed E-state index contributed by atoms with van der Waals surface area (Å²) in [5, 5.41) is 10.2. The minimum atomic E-state index is -3.17. The Kier molecular flexibility index (Phi) is 4.13. The smallest absolute Gasteiger partial charge is 0.152 e. The predicted molar refractivity (Wildman–Crippen MR) is 60.7 cm³/mol. The third kappa shape index (κ3) is 3.81. The molecule has 15 heavy (non-hydrogen) atoms. The van der Waals surface area contributed by atoms with Gasteiger partial charge in [-0.05, 0) is 17.7 Å². The van der Waals surface area contributed by atoms with Crippen LogP contribution in [-0.4, -0.2) is 25.0 Å². The summed E-state index contributed by atoms with van der Waals surface area (Å²) in [5.74, 6) is -0.228. The van der Waals surface area contributed by atoms with Crippen molar-refractivity contribution in [2.24, 2.45) is 0 Å². The molecule has 0 aliphatic rings. The van der Waals surface area contributed by atoms with Gasteiger partial charge in [0.1, 0.15) is 0 Å².